The summed E-state index contributed by atoms with van der Waals surface area (Å²) in [5.41, 5.74) is 4.18. The Kier molecular flexibility index (Phi) is 10.3. The van der Waals surface area contributed by atoms with E-state index in [-0.39, 0.29) is 11.8 Å². The third-order valence-corrected chi connectivity index (χ3v) is 9.02. The summed E-state index contributed by atoms with van der Waals surface area (Å²) in [5.74, 6) is 2.20. The molecule has 3 aromatic rings. The van der Waals surface area contributed by atoms with Gasteiger partial charge in [-0.15, -0.1) is 0 Å². The first-order chi connectivity index (χ1) is 20.6. The zero-order valence-electron chi connectivity index (χ0n) is 25.1. The molecular weight excluding hydrogens is 522 g/mol. The number of likely N-dealkylation sites (N-methyl/N-ethyl adjacent to an activating group) is 1. The molecule has 222 valence electrons. The summed E-state index contributed by atoms with van der Waals surface area (Å²) in [6.07, 6.45) is 6.31. The maximum absolute atomic E-state index is 13.6. The van der Waals surface area contributed by atoms with Crippen molar-refractivity contribution in [3.63, 3.8) is 0 Å². The van der Waals surface area contributed by atoms with Crippen LogP contribution >= 0.6 is 0 Å². The highest BCUT2D eigenvalue weighted by Gasteiger charge is 2.37. The van der Waals surface area contributed by atoms with Gasteiger partial charge in [0.1, 0.15) is 11.8 Å². The molecule has 42 heavy (non-hydrogen) atoms. The van der Waals surface area contributed by atoms with Gasteiger partial charge < -0.3 is 19.9 Å². The molecule has 5 rings (SSSR count). The van der Waals surface area contributed by atoms with Crippen LogP contribution < -0.4 is 10.1 Å². The van der Waals surface area contributed by atoms with Gasteiger partial charge in [0.25, 0.3) is 5.91 Å². The monoisotopic (exact) mass is 567 g/mol. The molecule has 6 nitrogen and oxygen atoms in total. The average Bonchev–Trinajstić information content (AvgIpc) is 3.83. The highest BCUT2D eigenvalue weighted by molar-refractivity contribution is 5.98. The molecule has 1 saturated carbocycles. The van der Waals surface area contributed by atoms with Gasteiger partial charge >= 0.3 is 0 Å². The first-order valence-corrected chi connectivity index (χ1v) is 15.7. The van der Waals surface area contributed by atoms with Crippen molar-refractivity contribution in [2.75, 3.05) is 39.8 Å². The van der Waals surface area contributed by atoms with Crippen LogP contribution in [0.2, 0.25) is 0 Å². The Balaban J connectivity index is 1.13. The lowest BCUT2D eigenvalue weighted by Gasteiger charge is -2.36. The van der Waals surface area contributed by atoms with E-state index in [4.69, 9.17) is 4.74 Å². The molecule has 0 aromatic heterocycles. The Morgan fingerprint density at radius 1 is 0.857 bits per heavy atom. The second-order valence-corrected chi connectivity index (χ2v) is 11.7. The van der Waals surface area contributed by atoms with Crippen molar-refractivity contribution < 1.29 is 14.3 Å². The molecule has 1 saturated heterocycles. The van der Waals surface area contributed by atoms with Gasteiger partial charge in [0, 0.05) is 31.7 Å². The normalized spacial score (nSPS) is 19.2. The van der Waals surface area contributed by atoms with E-state index in [2.05, 4.69) is 53.5 Å². The molecule has 1 N–H and O–H groups in total. The van der Waals surface area contributed by atoms with Crippen LogP contribution in [0.15, 0.2) is 78.9 Å². The first-order valence-electron chi connectivity index (χ1n) is 15.7. The molecule has 1 unspecified atom stereocenters. The van der Waals surface area contributed by atoms with E-state index in [1.165, 1.54) is 18.4 Å². The number of hydrogen-bond donors (Lipinski definition) is 1. The summed E-state index contributed by atoms with van der Waals surface area (Å²) in [5, 5.41) is 3.11. The molecule has 3 atom stereocenters. The van der Waals surface area contributed by atoms with E-state index in [9.17, 15) is 9.59 Å². The number of nitrogens with zero attached hydrogens (tertiary/aromatic N) is 2. The van der Waals surface area contributed by atoms with Crippen molar-refractivity contribution in [3.8, 4) is 16.9 Å². The number of methoxy groups -OCH3 is 1. The SMILES string of the molecule is CCN1CCN(C(=O)[C@H](CCCCCC2C[C@H]2c2ccc(OC)cc2)NC(=O)c2ccc(-c3ccccc3)cc2)CC1. The largest absolute Gasteiger partial charge is 0.497 e. The van der Waals surface area contributed by atoms with Crippen LogP contribution in [0.5, 0.6) is 5.75 Å². The molecule has 0 bridgehead atoms. The molecule has 1 aliphatic carbocycles. The molecule has 1 aliphatic heterocycles. The number of amides is 2. The summed E-state index contributed by atoms with van der Waals surface area (Å²) in [6.45, 7) is 6.38. The van der Waals surface area contributed by atoms with Crippen LogP contribution in [-0.4, -0.2) is 67.5 Å². The first kappa shape index (κ1) is 29.8. The molecule has 1 heterocycles. The van der Waals surface area contributed by atoms with E-state index in [1.807, 2.05) is 47.4 Å². The fourth-order valence-corrected chi connectivity index (χ4v) is 6.21. The molecule has 3 aromatic carbocycles. The Morgan fingerprint density at radius 2 is 1.55 bits per heavy atom. The number of piperazine rings is 1. The fourth-order valence-electron chi connectivity index (χ4n) is 6.21. The van der Waals surface area contributed by atoms with Gasteiger partial charge in [-0.1, -0.05) is 80.8 Å². The van der Waals surface area contributed by atoms with Crippen LogP contribution in [0, 0.1) is 5.92 Å². The third kappa shape index (κ3) is 7.80. The second kappa shape index (κ2) is 14.5. The number of carbonyl (C=O) groups is 2. The van der Waals surface area contributed by atoms with Gasteiger partial charge in [-0.3, -0.25) is 9.59 Å². The number of unbranched alkanes of at least 4 members (excludes halogenated alkanes) is 2. The van der Waals surface area contributed by atoms with E-state index in [0.717, 1.165) is 74.8 Å². The van der Waals surface area contributed by atoms with Gasteiger partial charge in [-0.25, -0.2) is 0 Å². The van der Waals surface area contributed by atoms with Crippen molar-refractivity contribution in [1.29, 1.82) is 0 Å². The minimum Gasteiger partial charge on any atom is -0.497 e. The topological polar surface area (TPSA) is 61.9 Å². The molecule has 0 spiro atoms. The maximum Gasteiger partial charge on any atom is 0.251 e. The van der Waals surface area contributed by atoms with Gasteiger partial charge in [-0.05, 0) is 78.6 Å². The molecule has 6 heteroatoms. The minimum atomic E-state index is -0.493. The zero-order valence-corrected chi connectivity index (χ0v) is 25.1. The van der Waals surface area contributed by atoms with E-state index >= 15 is 0 Å². The molecule has 2 amide bonds. The molecular formula is C36H45N3O3. The van der Waals surface area contributed by atoms with Crippen molar-refractivity contribution in [2.45, 2.75) is 57.4 Å². The predicted octanol–water partition coefficient (Wildman–Crippen LogP) is 6.38. The van der Waals surface area contributed by atoms with Crippen LogP contribution in [0.4, 0.5) is 0 Å². The molecule has 2 aliphatic rings. The summed E-state index contributed by atoms with van der Waals surface area (Å²) in [6, 6.07) is 25.8. The quantitative estimate of drug-likeness (QED) is 0.244. The lowest BCUT2D eigenvalue weighted by Crippen LogP contribution is -2.54. The Bertz CT molecular complexity index is 1280. The number of ether oxygens (including phenoxy) is 1. The lowest BCUT2D eigenvalue weighted by molar-refractivity contribution is -0.135. The van der Waals surface area contributed by atoms with Crippen molar-refractivity contribution in [3.05, 3.63) is 90.0 Å². The highest BCUT2D eigenvalue weighted by Crippen LogP contribution is 2.50. The van der Waals surface area contributed by atoms with Crippen LogP contribution in [0.3, 0.4) is 0 Å². The van der Waals surface area contributed by atoms with E-state index in [1.54, 1.807) is 7.11 Å². The van der Waals surface area contributed by atoms with E-state index < -0.39 is 6.04 Å². The lowest BCUT2D eigenvalue weighted by atomic mass is 10.0. The van der Waals surface area contributed by atoms with Crippen LogP contribution in [0.25, 0.3) is 11.1 Å². The third-order valence-electron chi connectivity index (χ3n) is 9.02. The van der Waals surface area contributed by atoms with Gasteiger partial charge in [0.2, 0.25) is 5.91 Å². The molecule has 2 fully saturated rings. The summed E-state index contributed by atoms with van der Waals surface area (Å²) < 4.78 is 5.29. The minimum absolute atomic E-state index is 0.0572. The average molecular weight is 568 g/mol. The highest BCUT2D eigenvalue weighted by atomic mass is 16.5. The van der Waals surface area contributed by atoms with Crippen molar-refractivity contribution in [1.82, 2.24) is 15.1 Å². The van der Waals surface area contributed by atoms with Gasteiger partial charge in [-0.2, -0.15) is 0 Å². The summed E-state index contributed by atoms with van der Waals surface area (Å²) >= 11 is 0. The number of hydrogen-bond acceptors (Lipinski definition) is 4. The fraction of sp³-hybridized carbons (Fsp3) is 0.444. The van der Waals surface area contributed by atoms with Crippen molar-refractivity contribution in [2.24, 2.45) is 5.92 Å². The van der Waals surface area contributed by atoms with E-state index in [0.29, 0.717) is 17.9 Å². The number of nitrogens with one attached hydrogen (secondary N) is 1. The second-order valence-electron chi connectivity index (χ2n) is 11.7. The Labute approximate surface area is 251 Å². The van der Waals surface area contributed by atoms with Gasteiger partial charge in [0.05, 0.1) is 7.11 Å². The van der Waals surface area contributed by atoms with Crippen LogP contribution in [0.1, 0.15) is 67.3 Å². The maximum atomic E-state index is 13.6. The van der Waals surface area contributed by atoms with Gasteiger partial charge in [0.15, 0.2) is 0 Å². The predicted molar refractivity (Wildman–Crippen MR) is 169 cm³/mol. The Hall–Kier alpha value is -3.64. The number of carbonyl (C=O) groups excluding carboxylic acids is 2. The number of rotatable bonds is 13. The van der Waals surface area contributed by atoms with Crippen LogP contribution in [-0.2, 0) is 4.79 Å². The zero-order chi connectivity index (χ0) is 29.3. The number of benzene rings is 3. The summed E-state index contributed by atoms with van der Waals surface area (Å²) in [4.78, 5) is 31.2. The summed E-state index contributed by atoms with van der Waals surface area (Å²) in [7, 11) is 1.70. The Morgan fingerprint density at radius 3 is 2.21 bits per heavy atom. The smallest absolute Gasteiger partial charge is 0.251 e. The van der Waals surface area contributed by atoms with Crippen molar-refractivity contribution >= 4 is 11.8 Å². The molecule has 0 radical (unpaired) electrons. The standard InChI is InChI=1S/C36H45N3O3/c1-3-38-22-24-39(25-23-38)36(41)34(37-35(40)30-16-14-28(15-17-30)27-10-6-4-7-11-27)13-9-5-8-12-31-26-33(31)29-18-20-32(42-2)21-19-29/h4,6-7,10-11,14-21,31,33-34H,3,5,8-9,12-13,22-26H2,1-2H3,(H,37,40)/t31?,33-,34-/m0/s1.